The third kappa shape index (κ3) is 0.802. The molecule has 1 heterocycles. The van der Waals surface area contributed by atoms with Gasteiger partial charge in [-0.1, -0.05) is 20.8 Å². The van der Waals surface area contributed by atoms with E-state index in [0.717, 1.165) is 12.5 Å². The van der Waals surface area contributed by atoms with Crippen molar-refractivity contribution in [2.45, 2.75) is 45.0 Å². The molecular formula is C12H20OS. The molecule has 2 bridgehead atoms. The molecule has 2 saturated carbocycles. The third-order valence-corrected chi connectivity index (χ3v) is 7.12. The molecule has 0 aromatic heterocycles. The van der Waals surface area contributed by atoms with Crippen molar-refractivity contribution in [2.75, 3.05) is 12.4 Å². The summed E-state index contributed by atoms with van der Waals surface area (Å²) < 4.78 is 6.14. The fourth-order valence-electron chi connectivity index (χ4n) is 4.08. The smallest absolute Gasteiger partial charge is 0.119 e. The molecule has 1 saturated heterocycles. The van der Waals surface area contributed by atoms with Gasteiger partial charge in [0.05, 0.1) is 6.61 Å². The van der Waals surface area contributed by atoms with Crippen LogP contribution in [0.4, 0.5) is 0 Å². The largest absolute Gasteiger partial charge is 0.363 e. The van der Waals surface area contributed by atoms with Crippen molar-refractivity contribution < 1.29 is 4.74 Å². The Kier molecular flexibility index (Phi) is 1.71. The molecule has 1 spiro atoms. The van der Waals surface area contributed by atoms with Gasteiger partial charge in [-0.2, -0.15) is 0 Å². The maximum atomic E-state index is 6.14. The van der Waals surface area contributed by atoms with Crippen LogP contribution in [0.1, 0.15) is 40.0 Å². The van der Waals surface area contributed by atoms with Gasteiger partial charge in [-0.05, 0) is 30.6 Å². The molecule has 0 amide bonds. The average Bonchev–Trinajstić information content (AvgIpc) is 2.70. The summed E-state index contributed by atoms with van der Waals surface area (Å²) >= 11 is 2.09. The lowest BCUT2D eigenvalue weighted by Crippen LogP contribution is -2.44. The Morgan fingerprint density at radius 2 is 2.07 bits per heavy atom. The van der Waals surface area contributed by atoms with Gasteiger partial charge in [0.25, 0.3) is 0 Å². The van der Waals surface area contributed by atoms with Crippen molar-refractivity contribution in [3.8, 4) is 0 Å². The third-order valence-electron chi connectivity index (χ3n) is 5.55. The molecule has 2 heteroatoms. The number of hydrogen-bond acceptors (Lipinski definition) is 2. The van der Waals surface area contributed by atoms with E-state index in [1.807, 2.05) is 0 Å². The molecule has 1 nitrogen and oxygen atoms in total. The van der Waals surface area contributed by atoms with Gasteiger partial charge < -0.3 is 4.74 Å². The number of rotatable bonds is 0. The zero-order chi connectivity index (χ0) is 10.0. The number of ether oxygens (including phenoxy) is 1. The van der Waals surface area contributed by atoms with Crippen LogP contribution in [0.15, 0.2) is 0 Å². The lowest BCUT2D eigenvalue weighted by molar-refractivity contribution is -0.0564. The van der Waals surface area contributed by atoms with Gasteiger partial charge in [0.2, 0.25) is 0 Å². The van der Waals surface area contributed by atoms with Crippen LogP contribution in [0.2, 0.25) is 0 Å². The lowest BCUT2D eigenvalue weighted by atomic mass is 9.69. The number of fused-ring (bicyclic) bond motifs is 3. The molecule has 0 unspecified atom stereocenters. The van der Waals surface area contributed by atoms with Crippen molar-refractivity contribution in [2.24, 2.45) is 16.7 Å². The highest BCUT2D eigenvalue weighted by Crippen LogP contribution is 2.74. The zero-order valence-electron chi connectivity index (χ0n) is 9.43. The first kappa shape index (κ1) is 9.53. The van der Waals surface area contributed by atoms with Gasteiger partial charge in [-0.3, -0.25) is 0 Å². The molecule has 3 atom stereocenters. The second-order valence-electron chi connectivity index (χ2n) is 5.94. The quantitative estimate of drug-likeness (QED) is 0.609. The van der Waals surface area contributed by atoms with Crippen molar-refractivity contribution in [1.82, 2.24) is 0 Å². The molecule has 3 fully saturated rings. The number of hydrogen-bond donors (Lipinski definition) is 0. The molecule has 0 aromatic carbocycles. The van der Waals surface area contributed by atoms with Gasteiger partial charge in [-0.15, -0.1) is 11.8 Å². The Hall–Kier alpha value is 0.310. The summed E-state index contributed by atoms with van der Waals surface area (Å²) in [5, 5.41) is 0. The van der Waals surface area contributed by atoms with Gasteiger partial charge >= 0.3 is 0 Å². The van der Waals surface area contributed by atoms with Crippen molar-refractivity contribution in [3.05, 3.63) is 0 Å². The van der Waals surface area contributed by atoms with Crippen molar-refractivity contribution in [3.63, 3.8) is 0 Å². The van der Waals surface area contributed by atoms with E-state index >= 15 is 0 Å². The highest BCUT2D eigenvalue weighted by Gasteiger charge is 2.70. The molecule has 1 aliphatic heterocycles. The maximum Gasteiger partial charge on any atom is 0.119 e. The van der Waals surface area contributed by atoms with Crippen LogP contribution >= 0.6 is 11.8 Å². The zero-order valence-corrected chi connectivity index (χ0v) is 10.2. The summed E-state index contributed by atoms with van der Waals surface area (Å²) in [5.74, 6) is 2.11. The van der Waals surface area contributed by atoms with Crippen LogP contribution < -0.4 is 0 Å². The fourth-order valence-corrected chi connectivity index (χ4v) is 5.74. The Morgan fingerprint density at radius 3 is 2.50 bits per heavy atom. The van der Waals surface area contributed by atoms with Gasteiger partial charge in [0.1, 0.15) is 4.93 Å². The van der Waals surface area contributed by atoms with Crippen LogP contribution in [0, 0.1) is 16.7 Å². The molecular weight excluding hydrogens is 192 g/mol. The lowest BCUT2D eigenvalue weighted by Gasteiger charge is -2.45. The van der Waals surface area contributed by atoms with Crippen LogP contribution in [0.3, 0.4) is 0 Å². The molecule has 14 heavy (non-hydrogen) atoms. The summed E-state index contributed by atoms with van der Waals surface area (Å²) in [6, 6.07) is 0. The molecule has 0 N–H and O–H groups in total. The van der Waals surface area contributed by atoms with Crippen LogP contribution in [-0.4, -0.2) is 17.3 Å². The topological polar surface area (TPSA) is 9.23 Å². The summed E-state index contributed by atoms with van der Waals surface area (Å²) in [5.41, 5.74) is 0.913. The first-order chi connectivity index (χ1) is 6.52. The molecule has 3 aliphatic rings. The normalized spacial score (nSPS) is 54.6. The van der Waals surface area contributed by atoms with E-state index in [0.29, 0.717) is 10.8 Å². The van der Waals surface area contributed by atoms with Gasteiger partial charge in [0, 0.05) is 11.2 Å². The molecule has 2 aliphatic carbocycles. The van der Waals surface area contributed by atoms with E-state index < -0.39 is 0 Å². The van der Waals surface area contributed by atoms with Gasteiger partial charge in [0.15, 0.2) is 0 Å². The van der Waals surface area contributed by atoms with Crippen LogP contribution in [-0.2, 0) is 4.74 Å². The fraction of sp³-hybridized carbons (Fsp3) is 1.00. The summed E-state index contributed by atoms with van der Waals surface area (Å²) in [7, 11) is 0. The second-order valence-corrected chi connectivity index (χ2v) is 7.30. The summed E-state index contributed by atoms with van der Waals surface area (Å²) in [6.07, 6.45) is 4.11. The molecule has 80 valence electrons. The first-order valence-corrected chi connectivity index (χ1v) is 6.78. The maximum absolute atomic E-state index is 6.14. The predicted octanol–water partition coefficient (Wildman–Crippen LogP) is 3.29. The number of thioether (sulfide) groups is 1. The first-order valence-electron chi connectivity index (χ1n) is 5.80. The highest BCUT2D eigenvalue weighted by molar-refractivity contribution is 8.00. The van der Waals surface area contributed by atoms with E-state index in [2.05, 4.69) is 32.5 Å². The van der Waals surface area contributed by atoms with Gasteiger partial charge in [-0.25, -0.2) is 0 Å². The van der Waals surface area contributed by atoms with Crippen LogP contribution in [0.25, 0.3) is 0 Å². The Labute approximate surface area is 91.0 Å². The minimum atomic E-state index is 0.194. The SMILES string of the molecule is CC1(C)[C@@H]2CC[C@]1(C)[C@@]1(C2)OCCS1. The Bertz CT molecular complexity index is 267. The van der Waals surface area contributed by atoms with Crippen molar-refractivity contribution in [1.29, 1.82) is 0 Å². The Morgan fingerprint density at radius 1 is 1.29 bits per heavy atom. The Balaban J connectivity index is 2.06. The van der Waals surface area contributed by atoms with Crippen LogP contribution in [0.5, 0.6) is 0 Å². The minimum absolute atomic E-state index is 0.194. The predicted molar refractivity (Wildman–Crippen MR) is 60.4 cm³/mol. The van der Waals surface area contributed by atoms with E-state index in [9.17, 15) is 0 Å². The average molecular weight is 212 g/mol. The molecule has 3 rings (SSSR count). The molecule has 0 radical (unpaired) electrons. The summed E-state index contributed by atoms with van der Waals surface area (Å²) in [4.78, 5) is 0.194. The standard InChI is InChI=1S/C12H20OS/c1-10(2)9-4-5-11(10,3)12(8-9)13-6-7-14-12/h9H,4-8H2,1-3H3/t9-,11+,12+/m1/s1. The van der Waals surface area contributed by atoms with Crippen molar-refractivity contribution >= 4 is 11.8 Å². The molecule has 0 aromatic rings. The van der Waals surface area contributed by atoms with E-state index in [-0.39, 0.29) is 4.93 Å². The van der Waals surface area contributed by atoms with E-state index in [1.165, 1.54) is 25.0 Å². The van der Waals surface area contributed by atoms with E-state index in [4.69, 9.17) is 4.74 Å². The summed E-state index contributed by atoms with van der Waals surface area (Å²) in [6.45, 7) is 8.37. The minimum Gasteiger partial charge on any atom is -0.363 e. The second kappa shape index (κ2) is 2.52. The van der Waals surface area contributed by atoms with E-state index in [1.54, 1.807) is 0 Å². The monoisotopic (exact) mass is 212 g/mol. The highest BCUT2D eigenvalue weighted by atomic mass is 32.2.